The molecule has 1 atom stereocenters. The number of nitrogens with zero attached hydrogens (tertiary/aromatic N) is 2. The fourth-order valence-electron chi connectivity index (χ4n) is 1.92. The summed E-state index contributed by atoms with van der Waals surface area (Å²) in [6.45, 7) is 0. The van der Waals surface area contributed by atoms with Gasteiger partial charge in [0.1, 0.15) is 5.82 Å². The zero-order valence-corrected chi connectivity index (χ0v) is 13.1. The van der Waals surface area contributed by atoms with Crippen molar-refractivity contribution >= 4 is 31.9 Å². The second-order valence-corrected chi connectivity index (χ2v) is 5.60. The molecule has 0 saturated heterocycles. The Labute approximate surface area is 122 Å². The molecular weight excluding hydrogens is 365 g/mol. The molecule has 0 fully saturated rings. The second-order valence-electron chi connectivity index (χ2n) is 3.89. The lowest BCUT2D eigenvalue weighted by Crippen LogP contribution is -2.21. The molecule has 96 valence electrons. The third-order valence-corrected chi connectivity index (χ3v) is 4.10. The van der Waals surface area contributed by atoms with Gasteiger partial charge in [-0.15, -0.1) is 0 Å². The minimum absolute atomic E-state index is 0.142. The number of benzene rings is 1. The number of hydrogen-bond donors (Lipinski definition) is 1. The van der Waals surface area contributed by atoms with E-state index in [-0.39, 0.29) is 11.9 Å². The lowest BCUT2D eigenvalue weighted by molar-refractivity contribution is 0.588. The van der Waals surface area contributed by atoms with Crippen molar-refractivity contribution in [1.29, 1.82) is 0 Å². The van der Waals surface area contributed by atoms with E-state index in [1.165, 1.54) is 12.1 Å². The Balaban J connectivity index is 2.55. The summed E-state index contributed by atoms with van der Waals surface area (Å²) in [5.74, 6) is -0.258. The molecule has 0 amide bonds. The van der Waals surface area contributed by atoms with E-state index in [0.29, 0.717) is 0 Å². The van der Waals surface area contributed by atoms with Crippen LogP contribution in [0.15, 0.2) is 33.3 Å². The molecule has 0 spiro atoms. The summed E-state index contributed by atoms with van der Waals surface area (Å²) >= 11 is 6.92. The molecule has 0 saturated carbocycles. The predicted molar refractivity (Wildman–Crippen MR) is 75.9 cm³/mol. The molecular formula is C12H12Br2FN3. The van der Waals surface area contributed by atoms with Crippen molar-refractivity contribution in [3.63, 3.8) is 0 Å². The van der Waals surface area contributed by atoms with Gasteiger partial charge in [0.05, 0.1) is 22.4 Å². The maximum absolute atomic E-state index is 13.4. The molecule has 1 N–H and O–H groups in total. The van der Waals surface area contributed by atoms with Gasteiger partial charge >= 0.3 is 0 Å². The van der Waals surface area contributed by atoms with Gasteiger partial charge in [-0.1, -0.05) is 15.9 Å². The van der Waals surface area contributed by atoms with Crippen LogP contribution in [0.3, 0.4) is 0 Å². The van der Waals surface area contributed by atoms with Crippen LogP contribution in [0.1, 0.15) is 17.3 Å². The van der Waals surface area contributed by atoms with Crippen LogP contribution in [0.5, 0.6) is 0 Å². The zero-order chi connectivity index (χ0) is 13.3. The molecule has 6 heteroatoms. The third kappa shape index (κ3) is 2.50. The van der Waals surface area contributed by atoms with Gasteiger partial charge in [0.15, 0.2) is 0 Å². The van der Waals surface area contributed by atoms with Crippen molar-refractivity contribution in [2.24, 2.45) is 7.05 Å². The van der Waals surface area contributed by atoms with Crippen LogP contribution in [0.2, 0.25) is 0 Å². The van der Waals surface area contributed by atoms with Crippen LogP contribution in [0.4, 0.5) is 4.39 Å². The van der Waals surface area contributed by atoms with Crippen molar-refractivity contribution in [3.05, 3.63) is 50.4 Å². The molecule has 0 radical (unpaired) electrons. The fraction of sp³-hybridized carbons (Fsp3) is 0.250. The molecule has 0 aliphatic rings. The minimum Gasteiger partial charge on any atom is -0.308 e. The first-order valence-corrected chi connectivity index (χ1v) is 6.92. The van der Waals surface area contributed by atoms with E-state index in [1.54, 1.807) is 16.9 Å². The quantitative estimate of drug-likeness (QED) is 0.889. The molecule has 0 aliphatic heterocycles. The fourth-order valence-corrected chi connectivity index (χ4v) is 2.97. The highest BCUT2D eigenvalue weighted by atomic mass is 79.9. The number of aryl methyl sites for hydroxylation is 1. The summed E-state index contributed by atoms with van der Waals surface area (Å²) in [5.41, 5.74) is 1.78. The Morgan fingerprint density at radius 1 is 1.33 bits per heavy atom. The van der Waals surface area contributed by atoms with Gasteiger partial charge in [-0.05, 0) is 46.7 Å². The minimum atomic E-state index is -0.258. The van der Waals surface area contributed by atoms with E-state index in [1.807, 2.05) is 14.1 Å². The van der Waals surface area contributed by atoms with E-state index in [4.69, 9.17) is 0 Å². The van der Waals surface area contributed by atoms with Gasteiger partial charge in [0, 0.05) is 11.5 Å². The monoisotopic (exact) mass is 375 g/mol. The van der Waals surface area contributed by atoms with E-state index < -0.39 is 0 Å². The predicted octanol–water partition coefficient (Wildman–Crippen LogP) is 3.39. The Hall–Kier alpha value is -0.720. The highest BCUT2D eigenvalue weighted by molar-refractivity contribution is 9.10. The highest BCUT2D eigenvalue weighted by Crippen LogP contribution is 2.32. The van der Waals surface area contributed by atoms with Gasteiger partial charge < -0.3 is 5.32 Å². The number of halogens is 3. The molecule has 2 aromatic rings. The molecule has 18 heavy (non-hydrogen) atoms. The Bertz CT molecular complexity index is 549. The molecule has 1 aromatic heterocycles. The smallest absolute Gasteiger partial charge is 0.123 e. The number of hydrogen-bond acceptors (Lipinski definition) is 2. The normalized spacial score (nSPS) is 12.7. The Morgan fingerprint density at radius 3 is 2.61 bits per heavy atom. The van der Waals surface area contributed by atoms with Gasteiger partial charge in [-0.25, -0.2) is 4.39 Å². The standard InChI is InChI=1S/C12H12Br2FN3/c1-16-11(12-10(14)6-17-18(12)2)8-5-7(15)3-4-9(8)13/h3-6,11,16H,1-2H3. The lowest BCUT2D eigenvalue weighted by Gasteiger charge is -2.19. The van der Waals surface area contributed by atoms with Gasteiger partial charge in [0.25, 0.3) is 0 Å². The first kappa shape index (κ1) is 13.7. The van der Waals surface area contributed by atoms with Crippen molar-refractivity contribution in [1.82, 2.24) is 15.1 Å². The van der Waals surface area contributed by atoms with Gasteiger partial charge in [-0.3, -0.25) is 4.68 Å². The number of nitrogens with one attached hydrogen (secondary N) is 1. The summed E-state index contributed by atoms with van der Waals surface area (Å²) in [6, 6.07) is 4.51. The second kappa shape index (κ2) is 5.50. The molecule has 2 rings (SSSR count). The summed E-state index contributed by atoms with van der Waals surface area (Å²) in [5, 5.41) is 7.37. The molecule has 1 aromatic carbocycles. The average molecular weight is 377 g/mol. The summed E-state index contributed by atoms with van der Waals surface area (Å²) in [7, 11) is 3.69. The SMILES string of the molecule is CNC(c1cc(F)ccc1Br)c1c(Br)cnn1C. The number of rotatable bonds is 3. The number of aromatic nitrogens is 2. The van der Waals surface area contributed by atoms with E-state index in [0.717, 1.165) is 20.2 Å². The van der Waals surface area contributed by atoms with Gasteiger partial charge in [-0.2, -0.15) is 5.10 Å². The summed E-state index contributed by atoms with van der Waals surface area (Å²) in [6.07, 6.45) is 1.73. The summed E-state index contributed by atoms with van der Waals surface area (Å²) in [4.78, 5) is 0. The van der Waals surface area contributed by atoms with Crippen LogP contribution in [-0.2, 0) is 7.05 Å². The average Bonchev–Trinajstić information content (AvgIpc) is 2.66. The van der Waals surface area contributed by atoms with Crippen LogP contribution >= 0.6 is 31.9 Å². The Morgan fingerprint density at radius 2 is 2.06 bits per heavy atom. The first-order valence-electron chi connectivity index (χ1n) is 5.34. The van der Waals surface area contributed by atoms with Crippen LogP contribution in [0, 0.1) is 5.82 Å². The topological polar surface area (TPSA) is 29.9 Å². The van der Waals surface area contributed by atoms with Crippen molar-refractivity contribution in [2.45, 2.75) is 6.04 Å². The molecule has 3 nitrogen and oxygen atoms in total. The summed E-state index contributed by atoms with van der Waals surface area (Å²) < 4.78 is 16.9. The van der Waals surface area contributed by atoms with Crippen LogP contribution < -0.4 is 5.32 Å². The van der Waals surface area contributed by atoms with Crippen LogP contribution in [0.25, 0.3) is 0 Å². The maximum Gasteiger partial charge on any atom is 0.123 e. The molecule has 1 heterocycles. The van der Waals surface area contributed by atoms with Crippen molar-refractivity contribution in [3.8, 4) is 0 Å². The third-order valence-electron chi connectivity index (χ3n) is 2.77. The highest BCUT2D eigenvalue weighted by Gasteiger charge is 2.21. The lowest BCUT2D eigenvalue weighted by atomic mass is 10.0. The van der Waals surface area contributed by atoms with Gasteiger partial charge in [0.2, 0.25) is 0 Å². The maximum atomic E-state index is 13.4. The van der Waals surface area contributed by atoms with E-state index >= 15 is 0 Å². The Kier molecular flexibility index (Phi) is 4.19. The van der Waals surface area contributed by atoms with Crippen molar-refractivity contribution < 1.29 is 4.39 Å². The zero-order valence-electron chi connectivity index (χ0n) is 9.92. The van der Waals surface area contributed by atoms with E-state index in [2.05, 4.69) is 42.3 Å². The largest absolute Gasteiger partial charge is 0.308 e. The van der Waals surface area contributed by atoms with Crippen LogP contribution in [-0.4, -0.2) is 16.8 Å². The molecule has 0 aliphatic carbocycles. The first-order chi connectivity index (χ1) is 8.54. The van der Waals surface area contributed by atoms with E-state index in [9.17, 15) is 4.39 Å². The molecule has 1 unspecified atom stereocenters. The van der Waals surface area contributed by atoms with Crippen molar-refractivity contribution in [2.75, 3.05) is 7.05 Å². The molecule has 0 bridgehead atoms.